The lowest BCUT2D eigenvalue weighted by atomic mass is 9.46. The lowest BCUT2D eigenvalue weighted by Gasteiger charge is -2.59. The van der Waals surface area contributed by atoms with E-state index >= 15 is 0 Å². The second kappa shape index (κ2) is 6.53. The highest BCUT2D eigenvalue weighted by Gasteiger charge is 2.57. The normalized spacial score (nSPS) is 46.2. The maximum absolute atomic E-state index is 11.8. The fraction of sp³-hybridized carbons (Fsp3) is 0.750. The summed E-state index contributed by atoms with van der Waals surface area (Å²) in [6, 6.07) is 0. The SMILES string of the molecule is C=C1CC[C@@H]2[C@](C)(CC[C@H](O)[C@]2(C)CO)[C@H]1C/C=C1/C(=O)OC[C@@H]1O. The van der Waals surface area contributed by atoms with Crippen LogP contribution in [-0.2, 0) is 9.53 Å². The van der Waals surface area contributed by atoms with Gasteiger partial charge in [0.05, 0.1) is 18.3 Å². The van der Waals surface area contributed by atoms with Gasteiger partial charge in [0.1, 0.15) is 12.7 Å². The molecule has 3 rings (SSSR count). The van der Waals surface area contributed by atoms with E-state index in [1.165, 1.54) is 0 Å². The molecule has 3 fully saturated rings. The Balaban J connectivity index is 1.89. The van der Waals surface area contributed by atoms with Crippen LogP contribution in [0.4, 0.5) is 0 Å². The quantitative estimate of drug-likeness (QED) is 0.411. The summed E-state index contributed by atoms with van der Waals surface area (Å²) in [6.07, 6.45) is 4.42. The Labute approximate surface area is 149 Å². The van der Waals surface area contributed by atoms with Gasteiger partial charge in [-0.3, -0.25) is 0 Å². The third-order valence-corrected chi connectivity index (χ3v) is 7.23. The molecule has 6 atom stereocenters. The summed E-state index contributed by atoms with van der Waals surface area (Å²) >= 11 is 0. The minimum Gasteiger partial charge on any atom is -0.459 e. The Hall–Kier alpha value is -1.17. The number of hydrogen-bond acceptors (Lipinski definition) is 5. The zero-order chi connectivity index (χ0) is 18.4. The minimum absolute atomic E-state index is 0.0280. The molecule has 5 heteroatoms. The molecule has 1 aliphatic heterocycles. The highest BCUT2D eigenvalue weighted by Crippen LogP contribution is 2.61. The summed E-state index contributed by atoms with van der Waals surface area (Å²) in [4.78, 5) is 11.8. The predicted octanol–water partition coefficient (Wildman–Crippen LogP) is 1.96. The number of esters is 1. The zero-order valence-corrected chi connectivity index (χ0v) is 15.2. The van der Waals surface area contributed by atoms with E-state index in [4.69, 9.17) is 4.74 Å². The summed E-state index contributed by atoms with van der Waals surface area (Å²) in [5.41, 5.74) is 0.911. The average molecular weight is 350 g/mol. The molecular weight excluding hydrogens is 320 g/mol. The summed E-state index contributed by atoms with van der Waals surface area (Å²) in [6.45, 7) is 8.50. The van der Waals surface area contributed by atoms with Crippen LogP contribution < -0.4 is 0 Å². The number of aliphatic hydroxyl groups excluding tert-OH is 3. The van der Waals surface area contributed by atoms with Crippen molar-refractivity contribution in [1.82, 2.24) is 0 Å². The van der Waals surface area contributed by atoms with Gasteiger partial charge in [-0.25, -0.2) is 4.79 Å². The topological polar surface area (TPSA) is 87.0 Å². The van der Waals surface area contributed by atoms with Crippen LogP contribution in [0.25, 0.3) is 0 Å². The van der Waals surface area contributed by atoms with Gasteiger partial charge in [0.25, 0.3) is 0 Å². The van der Waals surface area contributed by atoms with Gasteiger partial charge in [-0.05, 0) is 49.4 Å². The van der Waals surface area contributed by atoms with E-state index in [2.05, 4.69) is 13.5 Å². The molecule has 140 valence electrons. The number of cyclic esters (lactones) is 1. The Morgan fingerprint density at radius 3 is 2.64 bits per heavy atom. The molecule has 0 aromatic rings. The summed E-state index contributed by atoms with van der Waals surface area (Å²) in [7, 11) is 0. The molecule has 0 unspecified atom stereocenters. The van der Waals surface area contributed by atoms with Gasteiger partial charge >= 0.3 is 5.97 Å². The first-order valence-electron chi connectivity index (χ1n) is 9.26. The molecule has 2 aliphatic carbocycles. The molecule has 1 saturated heterocycles. The van der Waals surface area contributed by atoms with Crippen LogP contribution in [0.3, 0.4) is 0 Å². The molecule has 0 radical (unpaired) electrons. The second-order valence-electron chi connectivity index (χ2n) is 8.54. The largest absolute Gasteiger partial charge is 0.459 e. The van der Waals surface area contributed by atoms with Crippen LogP contribution in [0, 0.1) is 22.7 Å². The molecule has 0 spiro atoms. The van der Waals surface area contributed by atoms with Crippen molar-refractivity contribution in [1.29, 1.82) is 0 Å². The van der Waals surface area contributed by atoms with Gasteiger partial charge in [0.15, 0.2) is 0 Å². The Morgan fingerprint density at radius 1 is 1.32 bits per heavy atom. The van der Waals surface area contributed by atoms with Crippen LogP contribution in [0.5, 0.6) is 0 Å². The summed E-state index contributed by atoms with van der Waals surface area (Å²) < 4.78 is 4.90. The minimum atomic E-state index is -0.844. The van der Waals surface area contributed by atoms with Gasteiger partial charge in [0.2, 0.25) is 0 Å². The lowest BCUT2D eigenvalue weighted by Crippen LogP contribution is -2.57. The van der Waals surface area contributed by atoms with E-state index in [1.807, 2.05) is 13.0 Å². The third kappa shape index (κ3) is 2.86. The van der Waals surface area contributed by atoms with E-state index in [-0.39, 0.29) is 30.5 Å². The van der Waals surface area contributed by atoms with E-state index in [0.29, 0.717) is 18.4 Å². The number of aliphatic hydroxyl groups is 3. The Morgan fingerprint density at radius 2 is 2.04 bits per heavy atom. The number of ether oxygens (including phenoxy) is 1. The van der Waals surface area contributed by atoms with Crippen molar-refractivity contribution < 1.29 is 24.9 Å². The number of hydrogen-bond donors (Lipinski definition) is 3. The molecule has 0 aromatic heterocycles. The van der Waals surface area contributed by atoms with E-state index < -0.39 is 23.6 Å². The van der Waals surface area contributed by atoms with E-state index in [9.17, 15) is 20.1 Å². The molecule has 2 saturated carbocycles. The zero-order valence-electron chi connectivity index (χ0n) is 15.2. The van der Waals surface area contributed by atoms with E-state index in [0.717, 1.165) is 24.8 Å². The van der Waals surface area contributed by atoms with Crippen molar-refractivity contribution in [3.05, 3.63) is 23.8 Å². The van der Waals surface area contributed by atoms with Crippen molar-refractivity contribution in [3.8, 4) is 0 Å². The Bertz CT molecular complexity index is 597. The van der Waals surface area contributed by atoms with Crippen molar-refractivity contribution >= 4 is 5.97 Å². The first kappa shape index (κ1) is 18.6. The molecule has 0 aromatic carbocycles. The number of rotatable bonds is 3. The fourth-order valence-corrected chi connectivity index (χ4v) is 5.56. The lowest BCUT2D eigenvalue weighted by molar-refractivity contribution is -0.151. The van der Waals surface area contributed by atoms with Crippen LogP contribution in [0.1, 0.15) is 46.0 Å². The highest BCUT2D eigenvalue weighted by atomic mass is 16.6. The average Bonchev–Trinajstić information content (AvgIpc) is 2.89. The third-order valence-electron chi connectivity index (χ3n) is 7.23. The fourth-order valence-electron chi connectivity index (χ4n) is 5.56. The monoisotopic (exact) mass is 350 g/mol. The van der Waals surface area contributed by atoms with Crippen LogP contribution in [-0.4, -0.2) is 46.7 Å². The molecule has 1 heterocycles. The molecular formula is C20H30O5. The predicted molar refractivity (Wildman–Crippen MR) is 93.6 cm³/mol. The van der Waals surface area contributed by atoms with Gasteiger partial charge < -0.3 is 20.1 Å². The number of fused-ring (bicyclic) bond motifs is 1. The van der Waals surface area contributed by atoms with Crippen LogP contribution >= 0.6 is 0 Å². The molecule has 3 aliphatic rings. The number of carbonyl (C=O) groups is 1. The van der Waals surface area contributed by atoms with Gasteiger partial charge in [-0.15, -0.1) is 0 Å². The number of carbonyl (C=O) groups excluding carboxylic acids is 1. The molecule has 3 N–H and O–H groups in total. The molecule has 5 nitrogen and oxygen atoms in total. The first-order chi connectivity index (χ1) is 11.7. The van der Waals surface area contributed by atoms with Gasteiger partial charge in [0, 0.05) is 5.41 Å². The van der Waals surface area contributed by atoms with Crippen molar-refractivity contribution in [2.75, 3.05) is 13.2 Å². The van der Waals surface area contributed by atoms with Crippen molar-refractivity contribution in [2.45, 2.75) is 58.2 Å². The smallest absolute Gasteiger partial charge is 0.336 e. The number of allylic oxidation sites excluding steroid dienone is 2. The van der Waals surface area contributed by atoms with E-state index in [1.54, 1.807) is 0 Å². The summed E-state index contributed by atoms with van der Waals surface area (Å²) in [5.74, 6) is -0.0734. The van der Waals surface area contributed by atoms with Crippen molar-refractivity contribution in [2.24, 2.45) is 22.7 Å². The van der Waals surface area contributed by atoms with Crippen molar-refractivity contribution in [3.63, 3.8) is 0 Å². The van der Waals surface area contributed by atoms with Gasteiger partial charge in [-0.1, -0.05) is 32.1 Å². The molecule has 0 bridgehead atoms. The maximum Gasteiger partial charge on any atom is 0.336 e. The summed E-state index contributed by atoms with van der Waals surface area (Å²) in [5, 5.41) is 30.4. The first-order valence-corrected chi connectivity index (χ1v) is 9.26. The Kier molecular flexibility index (Phi) is 4.86. The molecule has 25 heavy (non-hydrogen) atoms. The second-order valence-corrected chi connectivity index (χ2v) is 8.54. The van der Waals surface area contributed by atoms with Crippen LogP contribution in [0.2, 0.25) is 0 Å². The van der Waals surface area contributed by atoms with Gasteiger partial charge in [-0.2, -0.15) is 0 Å². The highest BCUT2D eigenvalue weighted by molar-refractivity contribution is 5.91. The standard InChI is InChI=1S/C20H30O5/c1-12-4-7-16-19(2,9-8-17(23)20(16,3)11-21)14(12)6-5-13-15(22)10-25-18(13)24/h5,14-17,21-23H,1,4,6-11H2,2-3H3/b13-5+/t14-,15-,16+,17-,19+,20+/m0/s1. The molecule has 0 amide bonds. The maximum atomic E-state index is 11.8. The van der Waals surface area contributed by atoms with Crippen LogP contribution in [0.15, 0.2) is 23.8 Å².